The topological polar surface area (TPSA) is 95.6 Å². The van der Waals surface area contributed by atoms with Crippen LogP contribution in [0.5, 0.6) is 0 Å². The Morgan fingerprint density at radius 3 is 2.18 bits per heavy atom. The summed E-state index contributed by atoms with van der Waals surface area (Å²) in [7, 11) is -6.27. The van der Waals surface area contributed by atoms with Crippen LogP contribution in [0.3, 0.4) is 0 Å². The van der Waals surface area contributed by atoms with Crippen molar-refractivity contribution in [2.75, 3.05) is 30.2 Å². The zero-order valence-corrected chi connectivity index (χ0v) is 18.7. The number of nitrogens with one attached hydrogen (secondary N) is 2. The van der Waals surface area contributed by atoms with Crippen LogP contribution in [0.25, 0.3) is 0 Å². The first-order chi connectivity index (χ1) is 13.1. The van der Waals surface area contributed by atoms with Gasteiger partial charge in [0, 0.05) is 20.1 Å². The molecular weight excluding hydrogens is 445 g/mol. The summed E-state index contributed by atoms with van der Waals surface area (Å²) in [5.74, 6) is 0. The van der Waals surface area contributed by atoms with Crippen LogP contribution in [-0.2, 0) is 20.0 Å². The summed E-state index contributed by atoms with van der Waals surface area (Å²) < 4.78 is 54.8. The van der Waals surface area contributed by atoms with E-state index >= 15 is 0 Å². The van der Waals surface area contributed by atoms with Gasteiger partial charge in [-0.25, -0.2) is 16.8 Å². The summed E-state index contributed by atoms with van der Waals surface area (Å²) in [6, 6.07) is 8.43. The van der Waals surface area contributed by atoms with Gasteiger partial charge in [-0.2, -0.15) is 4.31 Å². The van der Waals surface area contributed by atoms with E-state index in [4.69, 9.17) is 23.2 Å². The highest BCUT2D eigenvalue weighted by Gasteiger charge is 2.25. The molecule has 0 aliphatic carbocycles. The molecule has 7 nitrogen and oxygen atoms in total. The zero-order chi connectivity index (χ0) is 21.1. The molecule has 28 heavy (non-hydrogen) atoms. The number of hydrogen-bond donors (Lipinski definition) is 2. The molecule has 0 spiro atoms. The van der Waals surface area contributed by atoms with Crippen molar-refractivity contribution >= 4 is 54.6 Å². The second-order valence-electron chi connectivity index (χ2n) is 5.70. The third-order valence-corrected chi connectivity index (χ3v) is 8.44. The molecule has 0 aliphatic heterocycles. The van der Waals surface area contributed by atoms with E-state index in [1.807, 2.05) is 0 Å². The number of anilines is 2. The van der Waals surface area contributed by atoms with E-state index in [-0.39, 0.29) is 25.5 Å². The molecular formula is C17H21Cl2N3O4S2. The van der Waals surface area contributed by atoms with E-state index in [9.17, 15) is 16.8 Å². The van der Waals surface area contributed by atoms with Gasteiger partial charge in [-0.15, -0.1) is 0 Å². The predicted molar refractivity (Wildman–Crippen MR) is 113 cm³/mol. The summed E-state index contributed by atoms with van der Waals surface area (Å²) in [4.78, 5) is -0.231. The molecule has 0 fully saturated rings. The highest BCUT2D eigenvalue weighted by Crippen LogP contribution is 2.33. The minimum atomic E-state index is -4.11. The van der Waals surface area contributed by atoms with Crippen LogP contribution < -0.4 is 10.0 Å². The summed E-state index contributed by atoms with van der Waals surface area (Å²) in [6.07, 6.45) is 0. The quantitative estimate of drug-likeness (QED) is 0.616. The van der Waals surface area contributed by atoms with Gasteiger partial charge in [0.15, 0.2) is 0 Å². The van der Waals surface area contributed by atoms with Crippen molar-refractivity contribution in [1.82, 2.24) is 4.31 Å². The summed E-state index contributed by atoms with van der Waals surface area (Å²) in [6.45, 7) is 4.05. The van der Waals surface area contributed by atoms with Crippen molar-refractivity contribution in [3.8, 4) is 0 Å². The van der Waals surface area contributed by atoms with Gasteiger partial charge in [0.1, 0.15) is 4.90 Å². The maximum atomic E-state index is 12.8. The van der Waals surface area contributed by atoms with Crippen LogP contribution in [0.1, 0.15) is 13.8 Å². The predicted octanol–water partition coefficient (Wildman–Crippen LogP) is 3.87. The van der Waals surface area contributed by atoms with Crippen molar-refractivity contribution in [3.05, 3.63) is 46.4 Å². The first-order valence-corrected chi connectivity index (χ1v) is 12.0. The number of rotatable bonds is 8. The lowest BCUT2D eigenvalue weighted by molar-refractivity contribution is 0.445. The van der Waals surface area contributed by atoms with Gasteiger partial charge < -0.3 is 5.32 Å². The van der Waals surface area contributed by atoms with Gasteiger partial charge in [0.05, 0.1) is 26.3 Å². The Morgan fingerprint density at radius 2 is 1.61 bits per heavy atom. The van der Waals surface area contributed by atoms with Crippen LogP contribution in [0.4, 0.5) is 11.4 Å². The van der Waals surface area contributed by atoms with E-state index in [1.54, 1.807) is 20.9 Å². The van der Waals surface area contributed by atoms with E-state index in [0.717, 1.165) is 0 Å². The molecule has 0 aliphatic rings. The molecule has 0 aromatic heterocycles. The van der Waals surface area contributed by atoms with Crippen molar-refractivity contribution in [3.63, 3.8) is 0 Å². The minimum Gasteiger partial charge on any atom is -0.386 e. The molecule has 0 heterocycles. The van der Waals surface area contributed by atoms with Crippen LogP contribution in [-0.4, -0.2) is 41.3 Å². The van der Waals surface area contributed by atoms with Crippen molar-refractivity contribution in [2.24, 2.45) is 0 Å². The molecule has 2 rings (SSSR count). The Hall–Kier alpha value is -1.52. The average Bonchev–Trinajstić information content (AvgIpc) is 2.64. The molecule has 2 aromatic carbocycles. The van der Waals surface area contributed by atoms with E-state index in [2.05, 4.69) is 10.0 Å². The standard InChI is InChI=1S/C17H21Cl2N3O4S2/c1-4-22(5-2)28(25,26)12-9-10-14(20-3)15(11-12)21-27(23,24)16-8-6-7-13(18)17(16)19/h6-11,20-21H,4-5H2,1-3H3. The number of nitrogens with zero attached hydrogens (tertiary/aromatic N) is 1. The maximum Gasteiger partial charge on any atom is 0.263 e. The molecule has 0 atom stereocenters. The van der Waals surface area contributed by atoms with E-state index in [1.165, 1.54) is 40.7 Å². The second-order valence-corrected chi connectivity index (χ2v) is 10.1. The van der Waals surface area contributed by atoms with Crippen LogP contribution >= 0.6 is 23.2 Å². The molecule has 0 saturated heterocycles. The van der Waals surface area contributed by atoms with Gasteiger partial charge in [0.25, 0.3) is 10.0 Å². The van der Waals surface area contributed by atoms with Crippen molar-refractivity contribution < 1.29 is 16.8 Å². The third kappa shape index (κ3) is 4.55. The highest BCUT2D eigenvalue weighted by atomic mass is 35.5. The Balaban J connectivity index is 2.55. The van der Waals surface area contributed by atoms with Gasteiger partial charge in [-0.1, -0.05) is 43.1 Å². The Labute approximate surface area is 175 Å². The molecule has 154 valence electrons. The number of sulfonamides is 2. The molecule has 0 amide bonds. The lowest BCUT2D eigenvalue weighted by Crippen LogP contribution is -2.30. The zero-order valence-electron chi connectivity index (χ0n) is 15.5. The first kappa shape index (κ1) is 22.8. The Bertz CT molecular complexity index is 1070. The molecule has 0 radical (unpaired) electrons. The van der Waals surface area contributed by atoms with Crippen LogP contribution in [0.2, 0.25) is 10.0 Å². The number of halogens is 2. The normalized spacial score (nSPS) is 12.2. The molecule has 0 saturated carbocycles. The van der Waals surface area contributed by atoms with E-state index in [0.29, 0.717) is 18.8 Å². The van der Waals surface area contributed by atoms with Gasteiger partial charge >= 0.3 is 0 Å². The third-order valence-electron chi connectivity index (χ3n) is 4.05. The van der Waals surface area contributed by atoms with Gasteiger partial charge in [0.2, 0.25) is 10.0 Å². The first-order valence-electron chi connectivity index (χ1n) is 8.37. The summed E-state index contributed by atoms with van der Waals surface area (Å²) in [5, 5.41) is 2.81. The van der Waals surface area contributed by atoms with Gasteiger partial charge in [-0.3, -0.25) is 4.72 Å². The highest BCUT2D eigenvalue weighted by molar-refractivity contribution is 7.93. The lowest BCUT2D eigenvalue weighted by atomic mass is 10.3. The smallest absolute Gasteiger partial charge is 0.263 e. The summed E-state index contributed by atoms with van der Waals surface area (Å²) >= 11 is 11.9. The molecule has 11 heteroatoms. The number of hydrogen-bond acceptors (Lipinski definition) is 5. The molecule has 2 aromatic rings. The summed E-state index contributed by atoms with van der Waals surface area (Å²) in [5.41, 5.74) is 0.479. The lowest BCUT2D eigenvalue weighted by Gasteiger charge is -2.20. The monoisotopic (exact) mass is 465 g/mol. The molecule has 2 N–H and O–H groups in total. The minimum absolute atomic E-state index is 0.0231. The molecule has 0 unspecified atom stereocenters. The fourth-order valence-corrected chi connectivity index (χ4v) is 5.91. The van der Waals surface area contributed by atoms with E-state index < -0.39 is 20.0 Å². The SMILES string of the molecule is CCN(CC)S(=O)(=O)c1ccc(NC)c(NS(=O)(=O)c2cccc(Cl)c2Cl)c1. The Morgan fingerprint density at radius 1 is 0.964 bits per heavy atom. The van der Waals surface area contributed by atoms with Crippen molar-refractivity contribution in [2.45, 2.75) is 23.6 Å². The van der Waals surface area contributed by atoms with Crippen molar-refractivity contribution in [1.29, 1.82) is 0 Å². The Kier molecular flexibility index (Phi) is 7.22. The fourth-order valence-electron chi connectivity index (χ4n) is 2.59. The largest absolute Gasteiger partial charge is 0.386 e. The second kappa shape index (κ2) is 8.87. The molecule has 0 bridgehead atoms. The van der Waals surface area contributed by atoms with Gasteiger partial charge in [-0.05, 0) is 30.3 Å². The fraction of sp³-hybridized carbons (Fsp3) is 0.294. The average molecular weight is 466 g/mol. The van der Waals surface area contributed by atoms with Crippen LogP contribution in [0, 0.1) is 0 Å². The maximum absolute atomic E-state index is 12.8. The number of benzene rings is 2. The van der Waals surface area contributed by atoms with Crippen LogP contribution in [0.15, 0.2) is 46.2 Å².